The van der Waals surface area contributed by atoms with Gasteiger partial charge in [0.2, 0.25) is 0 Å². The number of benzene rings is 2. The van der Waals surface area contributed by atoms with Crippen LogP contribution in [0.5, 0.6) is 11.5 Å². The summed E-state index contributed by atoms with van der Waals surface area (Å²) in [5, 5.41) is 11.8. The fourth-order valence-electron chi connectivity index (χ4n) is 1.61. The summed E-state index contributed by atoms with van der Waals surface area (Å²) in [5.41, 5.74) is 0.933. The molecule has 0 spiro atoms. The summed E-state index contributed by atoms with van der Waals surface area (Å²) in [6.45, 7) is 1.29. The molecule has 102 valence electrons. The van der Waals surface area contributed by atoms with Crippen LogP contribution in [-0.2, 0) is 4.79 Å². The monoisotopic (exact) mass is 271 g/mol. The Hall–Kier alpha value is -2.82. The largest absolute Gasteiger partial charge is 0.508 e. The van der Waals surface area contributed by atoms with Crippen molar-refractivity contribution in [1.29, 1.82) is 0 Å². The summed E-state index contributed by atoms with van der Waals surface area (Å²) < 4.78 is 4.92. The number of rotatable bonds is 3. The van der Waals surface area contributed by atoms with E-state index in [-0.39, 0.29) is 11.7 Å². The fourth-order valence-corrected chi connectivity index (χ4v) is 1.61. The van der Waals surface area contributed by atoms with Crippen LogP contribution in [0.3, 0.4) is 0 Å². The van der Waals surface area contributed by atoms with Gasteiger partial charge in [0.1, 0.15) is 11.5 Å². The Balaban J connectivity index is 2.12. The number of anilines is 1. The van der Waals surface area contributed by atoms with Crippen LogP contribution in [0.15, 0.2) is 48.5 Å². The van der Waals surface area contributed by atoms with Gasteiger partial charge in [-0.25, -0.2) is 0 Å². The maximum atomic E-state index is 12.0. The number of esters is 1. The van der Waals surface area contributed by atoms with Crippen LogP contribution in [0.1, 0.15) is 17.3 Å². The number of amides is 1. The highest BCUT2D eigenvalue weighted by Crippen LogP contribution is 2.17. The molecule has 2 aromatic carbocycles. The lowest BCUT2D eigenvalue weighted by Crippen LogP contribution is -2.12. The Labute approximate surface area is 115 Å². The molecule has 0 saturated heterocycles. The number of phenols is 1. The van der Waals surface area contributed by atoms with Crippen LogP contribution in [0.4, 0.5) is 5.69 Å². The highest BCUT2D eigenvalue weighted by molar-refractivity contribution is 6.04. The van der Waals surface area contributed by atoms with E-state index in [0.717, 1.165) is 0 Å². The number of carbonyl (C=O) groups excluding carboxylic acids is 2. The zero-order chi connectivity index (χ0) is 14.5. The lowest BCUT2D eigenvalue weighted by atomic mass is 10.2. The molecule has 0 aliphatic heterocycles. The number of phenolic OH excluding ortho intramolecular Hbond substituents is 1. The van der Waals surface area contributed by atoms with Gasteiger partial charge in [-0.15, -0.1) is 0 Å². The Morgan fingerprint density at radius 3 is 2.45 bits per heavy atom. The lowest BCUT2D eigenvalue weighted by Gasteiger charge is -2.07. The highest BCUT2D eigenvalue weighted by atomic mass is 16.5. The van der Waals surface area contributed by atoms with E-state index >= 15 is 0 Å². The quantitative estimate of drug-likeness (QED) is 0.511. The molecule has 0 unspecified atom stereocenters. The second-order valence-electron chi connectivity index (χ2n) is 4.12. The predicted octanol–water partition coefficient (Wildman–Crippen LogP) is 2.57. The summed E-state index contributed by atoms with van der Waals surface area (Å²) in [5.74, 6) is -0.332. The third kappa shape index (κ3) is 3.58. The molecule has 5 nitrogen and oxygen atoms in total. The van der Waals surface area contributed by atoms with Gasteiger partial charge in [0.05, 0.1) is 0 Å². The smallest absolute Gasteiger partial charge is 0.308 e. The number of ether oxygens (including phenoxy) is 1. The molecule has 0 aromatic heterocycles. The van der Waals surface area contributed by atoms with Crippen molar-refractivity contribution in [3.8, 4) is 11.5 Å². The number of nitrogens with one attached hydrogen (secondary N) is 1. The van der Waals surface area contributed by atoms with E-state index in [1.165, 1.54) is 25.1 Å². The SMILES string of the molecule is CC(=O)Oc1cccc(C(=O)Nc2ccc(O)cc2)c1. The second kappa shape index (κ2) is 5.88. The Bertz CT molecular complexity index is 635. The molecule has 0 aliphatic carbocycles. The Morgan fingerprint density at radius 2 is 1.80 bits per heavy atom. The van der Waals surface area contributed by atoms with Crippen LogP contribution >= 0.6 is 0 Å². The fraction of sp³-hybridized carbons (Fsp3) is 0.0667. The van der Waals surface area contributed by atoms with Crippen molar-refractivity contribution in [2.24, 2.45) is 0 Å². The summed E-state index contributed by atoms with van der Waals surface area (Å²) in [4.78, 5) is 22.9. The number of carbonyl (C=O) groups is 2. The summed E-state index contributed by atoms with van der Waals surface area (Å²) in [6.07, 6.45) is 0. The van der Waals surface area contributed by atoms with E-state index < -0.39 is 5.97 Å². The molecule has 0 heterocycles. The van der Waals surface area contributed by atoms with Gasteiger partial charge >= 0.3 is 5.97 Å². The average molecular weight is 271 g/mol. The zero-order valence-corrected chi connectivity index (χ0v) is 10.8. The molecule has 0 atom stereocenters. The van der Waals surface area contributed by atoms with Gasteiger partial charge in [-0.3, -0.25) is 9.59 Å². The van der Waals surface area contributed by atoms with Crippen molar-refractivity contribution in [2.45, 2.75) is 6.92 Å². The van der Waals surface area contributed by atoms with Crippen molar-refractivity contribution in [1.82, 2.24) is 0 Å². The molecule has 0 fully saturated rings. The third-order valence-electron chi connectivity index (χ3n) is 2.48. The van der Waals surface area contributed by atoms with E-state index in [1.54, 1.807) is 30.3 Å². The first kappa shape index (κ1) is 13.6. The molecule has 2 rings (SSSR count). The van der Waals surface area contributed by atoms with Gasteiger partial charge in [-0.2, -0.15) is 0 Å². The van der Waals surface area contributed by atoms with Crippen LogP contribution in [-0.4, -0.2) is 17.0 Å². The molecular weight excluding hydrogens is 258 g/mol. The maximum Gasteiger partial charge on any atom is 0.308 e. The van der Waals surface area contributed by atoms with Gasteiger partial charge in [0.25, 0.3) is 5.91 Å². The zero-order valence-electron chi connectivity index (χ0n) is 10.8. The van der Waals surface area contributed by atoms with Gasteiger partial charge in [0, 0.05) is 18.2 Å². The van der Waals surface area contributed by atoms with E-state index in [1.807, 2.05) is 0 Å². The third-order valence-corrected chi connectivity index (χ3v) is 2.48. The predicted molar refractivity (Wildman–Crippen MR) is 73.8 cm³/mol. The van der Waals surface area contributed by atoms with Crippen molar-refractivity contribution in [3.63, 3.8) is 0 Å². The molecule has 2 N–H and O–H groups in total. The number of aromatic hydroxyl groups is 1. The van der Waals surface area contributed by atoms with E-state index in [9.17, 15) is 9.59 Å². The molecule has 0 bridgehead atoms. The molecule has 0 saturated carbocycles. The number of hydrogen-bond donors (Lipinski definition) is 2. The molecule has 5 heteroatoms. The van der Waals surface area contributed by atoms with E-state index in [4.69, 9.17) is 9.84 Å². The summed E-state index contributed by atoms with van der Waals surface area (Å²) in [6, 6.07) is 12.4. The first-order chi connectivity index (χ1) is 9.54. The molecule has 0 aliphatic rings. The molecule has 2 aromatic rings. The Morgan fingerprint density at radius 1 is 1.10 bits per heavy atom. The van der Waals surface area contributed by atoms with E-state index in [2.05, 4.69) is 5.32 Å². The topological polar surface area (TPSA) is 75.6 Å². The highest BCUT2D eigenvalue weighted by Gasteiger charge is 2.08. The minimum atomic E-state index is -0.443. The van der Waals surface area contributed by atoms with Gasteiger partial charge < -0.3 is 15.2 Å². The summed E-state index contributed by atoms with van der Waals surface area (Å²) in [7, 11) is 0. The first-order valence-corrected chi connectivity index (χ1v) is 5.93. The van der Waals surface area contributed by atoms with Crippen molar-refractivity contribution >= 4 is 17.6 Å². The van der Waals surface area contributed by atoms with Crippen LogP contribution in [0, 0.1) is 0 Å². The minimum absolute atomic E-state index is 0.125. The summed E-state index contributed by atoms with van der Waals surface area (Å²) >= 11 is 0. The van der Waals surface area contributed by atoms with Gasteiger partial charge in [0.15, 0.2) is 0 Å². The number of hydrogen-bond acceptors (Lipinski definition) is 4. The molecule has 1 amide bonds. The van der Waals surface area contributed by atoms with Gasteiger partial charge in [-0.05, 0) is 42.5 Å². The van der Waals surface area contributed by atoms with Gasteiger partial charge in [-0.1, -0.05) is 6.07 Å². The second-order valence-corrected chi connectivity index (χ2v) is 4.12. The van der Waals surface area contributed by atoms with Crippen LogP contribution in [0.25, 0.3) is 0 Å². The normalized spacial score (nSPS) is 9.85. The Kier molecular flexibility index (Phi) is 4.00. The molecule has 20 heavy (non-hydrogen) atoms. The molecular formula is C15H13NO4. The van der Waals surface area contributed by atoms with Crippen LogP contribution in [0.2, 0.25) is 0 Å². The minimum Gasteiger partial charge on any atom is -0.508 e. The lowest BCUT2D eigenvalue weighted by molar-refractivity contribution is -0.131. The van der Waals surface area contributed by atoms with E-state index in [0.29, 0.717) is 17.0 Å². The first-order valence-electron chi connectivity index (χ1n) is 5.93. The van der Waals surface area contributed by atoms with Crippen molar-refractivity contribution in [2.75, 3.05) is 5.32 Å². The molecule has 0 radical (unpaired) electrons. The maximum absolute atomic E-state index is 12.0. The van der Waals surface area contributed by atoms with Crippen LogP contribution < -0.4 is 10.1 Å². The van der Waals surface area contributed by atoms with Crippen molar-refractivity contribution < 1.29 is 19.4 Å². The average Bonchev–Trinajstić information content (AvgIpc) is 2.41. The van der Waals surface area contributed by atoms with Crippen molar-refractivity contribution in [3.05, 3.63) is 54.1 Å². The standard InChI is InChI=1S/C15H13NO4/c1-10(17)20-14-4-2-3-11(9-14)15(19)16-12-5-7-13(18)8-6-12/h2-9,18H,1H3,(H,16,19).